The summed E-state index contributed by atoms with van der Waals surface area (Å²) in [4.78, 5) is 72.1. The second-order valence-corrected chi connectivity index (χ2v) is 20.2. The van der Waals surface area contributed by atoms with Crippen molar-refractivity contribution in [3.8, 4) is 0 Å². The summed E-state index contributed by atoms with van der Waals surface area (Å²) in [5.41, 5.74) is 1.26. The Morgan fingerprint density at radius 3 is 2.26 bits per heavy atom. The highest BCUT2D eigenvalue weighted by Crippen LogP contribution is 2.38. The van der Waals surface area contributed by atoms with Crippen molar-refractivity contribution < 1.29 is 67.7 Å². The van der Waals surface area contributed by atoms with Crippen LogP contribution in [-0.4, -0.2) is 145 Å². The minimum atomic E-state index is -2.43. The Morgan fingerprint density at radius 1 is 0.853 bits per heavy atom. The fourth-order valence-corrected chi connectivity index (χ4v) is 10.5. The average molecular weight is 958 g/mol. The number of esters is 1. The molecule has 68 heavy (non-hydrogen) atoms. The van der Waals surface area contributed by atoms with E-state index in [1.807, 2.05) is 58.1 Å². The fourth-order valence-electron chi connectivity index (χ4n) is 10.5. The van der Waals surface area contributed by atoms with Gasteiger partial charge in [-0.3, -0.25) is 19.2 Å². The van der Waals surface area contributed by atoms with Gasteiger partial charge in [0.1, 0.15) is 30.1 Å². The van der Waals surface area contributed by atoms with Crippen LogP contribution in [0.25, 0.3) is 0 Å². The molecular formula is C53H83NO14. The zero-order chi connectivity index (χ0) is 50.3. The molecule has 3 N–H and O–H groups in total. The number of aliphatic hydroxyl groups excluding tert-OH is 2. The lowest BCUT2D eigenvalue weighted by atomic mass is 9.78. The van der Waals surface area contributed by atoms with Gasteiger partial charge in [0.25, 0.3) is 11.7 Å². The summed E-state index contributed by atoms with van der Waals surface area (Å²) in [6.07, 6.45) is 12.0. The molecule has 0 aromatic carbocycles. The number of carbonyl (C=O) groups excluding carboxylic acids is 5. The van der Waals surface area contributed by atoms with Crippen molar-refractivity contribution in [2.24, 2.45) is 35.5 Å². The van der Waals surface area contributed by atoms with Crippen LogP contribution in [0.2, 0.25) is 0 Å². The molecule has 1 aliphatic carbocycles. The van der Waals surface area contributed by atoms with Crippen LogP contribution in [0.3, 0.4) is 0 Å². The van der Waals surface area contributed by atoms with Crippen molar-refractivity contribution in [2.45, 2.75) is 180 Å². The molecule has 15 heteroatoms. The van der Waals surface area contributed by atoms with E-state index >= 15 is 0 Å². The van der Waals surface area contributed by atoms with Crippen LogP contribution in [0.4, 0.5) is 0 Å². The van der Waals surface area contributed by atoms with Crippen molar-refractivity contribution >= 4 is 29.2 Å². The Balaban J connectivity index is 1.70. The molecule has 0 aromatic rings. The van der Waals surface area contributed by atoms with Crippen molar-refractivity contribution in [1.29, 1.82) is 0 Å². The Kier molecular flexibility index (Phi) is 22.9. The molecule has 2 saturated heterocycles. The maximum Gasteiger partial charge on any atom is 0.329 e. The molecule has 4 aliphatic rings. The molecule has 2 bridgehead atoms. The van der Waals surface area contributed by atoms with Crippen LogP contribution >= 0.6 is 0 Å². The van der Waals surface area contributed by atoms with E-state index in [9.17, 15) is 39.3 Å². The molecule has 15 nitrogen and oxygen atoms in total. The molecule has 4 rings (SSSR count). The normalized spacial score (nSPS) is 37.2. The fraction of sp³-hybridized carbons (Fsp3) is 0.755. The standard InChI is InChI=1S/C53H83NO14/c1-32-16-12-11-13-17-33(2)44(63-8)30-40-21-19-38(7)53(62,68-40)50(59)51(60)54-23-15-14-18-41(54)52(61)67-45(35(4)28-39-20-22-43(66-25-24-55)46(29-39)64-9)31-42(56)34(3)27-37(6)48(58)49(65-10)47(57)36(5)26-32/h11-13,16-17,27,32,34-36,38-41,43-46,48-49,55,58,62H,14-15,18-26,28-31H2,1-10H3/b13-11?,16-12-,33-17?,37-27?/t32-,34-,35-,36-,38-,39+,40+,41+,43-,44+,45+,46-,48-,49+,53-/m1/s1. The highest BCUT2D eigenvalue weighted by Gasteiger charge is 2.53. The Hall–Kier alpha value is -3.41. The zero-order valence-corrected chi connectivity index (χ0v) is 42.4. The largest absolute Gasteiger partial charge is 0.460 e. The first kappa shape index (κ1) is 57.2. The van der Waals surface area contributed by atoms with Gasteiger partial charge in [-0.15, -0.1) is 0 Å². The van der Waals surface area contributed by atoms with Crippen LogP contribution in [0.5, 0.6) is 0 Å². The van der Waals surface area contributed by atoms with Gasteiger partial charge in [0, 0.05) is 58.5 Å². The van der Waals surface area contributed by atoms with Crippen molar-refractivity contribution in [3.63, 3.8) is 0 Å². The third-order valence-electron chi connectivity index (χ3n) is 14.9. The molecule has 15 atom stereocenters. The van der Waals surface area contributed by atoms with Gasteiger partial charge in [-0.25, -0.2) is 4.79 Å². The first-order valence-corrected chi connectivity index (χ1v) is 25.0. The topological polar surface area (TPSA) is 205 Å². The monoisotopic (exact) mass is 958 g/mol. The molecule has 3 heterocycles. The number of ketones is 3. The van der Waals surface area contributed by atoms with Crippen molar-refractivity contribution in [3.05, 3.63) is 47.6 Å². The third kappa shape index (κ3) is 15.3. The summed E-state index contributed by atoms with van der Waals surface area (Å²) >= 11 is 0. The highest BCUT2D eigenvalue weighted by molar-refractivity contribution is 6.39. The Bertz CT molecular complexity index is 1810. The summed E-state index contributed by atoms with van der Waals surface area (Å²) in [7, 11) is 4.58. The number of aliphatic hydroxyl groups is 3. The minimum Gasteiger partial charge on any atom is -0.460 e. The van der Waals surface area contributed by atoms with E-state index in [0.29, 0.717) is 63.4 Å². The SMILES string of the molecule is CO[C@H]1C[C@@H]2CC[C@@H](C)[C@@](O)(O2)C(=O)C(=O)N2CCCC[C@H]2C(=O)O[C@H]([C@H](C)C[C@@H]2CC[C@@H](OCCO)[C@H](OC)C2)CC(=O)[C@H](C)C=C(C)[C@@H](O)[C@@H](OC)C(=O)[C@H](C)C[C@H](C)/C=C\C=CC=C1C. The van der Waals surface area contributed by atoms with Crippen LogP contribution in [0.15, 0.2) is 47.6 Å². The maximum atomic E-state index is 14.5. The maximum absolute atomic E-state index is 14.5. The molecule has 0 radical (unpaired) electrons. The molecule has 384 valence electrons. The number of hydrogen-bond donors (Lipinski definition) is 3. The van der Waals surface area contributed by atoms with E-state index in [1.54, 1.807) is 41.1 Å². The number of piperidine rings is 1. The predicted molar refractivity (Wildman–Crippen MR) is 256 cm³/mol. The van der Waals surface area contributed by atoms with Gasteiger partial charge in [-0.1, -0.05) is 71.1 Å². The minimum absolute atomic E-state index is 0.0158. The van der Waals surface area contributed by atoms with Gasteiger partial charge >= 0.3 is 5.97 Å². The summed E-state index contributed by atoms with van der Waals surface area (Å²) in [5.74, 6) is -7.96. The molecule has 3 aliphatic heterocycles. The number of allylic oxidation sites excluding steroid dienone is 6. The van der Waals surface area contributed by atoms with Gasteiger partial charge in [0.2, 0.25) is 5.79 Å². The number of nitrogens with zero attached hydrogens (tertiary/aromatic N) is 1. The lowest BCUT2D eigenvalue weighted by Crippen LogP contribution is -2.61. The van der Waals surface area contributed by atoms with Crippen LogP contribution < -0.4 is 0 Å². The van der Waals surface area contributed by atoms with Gasteiger partial charge in [-0.2, -0.15) is 0 Å². The number of Topliss-reactive ketones (excluding diaryl/α,β-unsaturated/α-hetero) is 3. The smallest absolute Gasteiger partial charge is 0.329 e. The highest BCUT2D eigenvalue weighted by atomic mass is 16.6. The van der Waals surface area contributed by atoms with Gasteiger partial charge in [0.05, 0.1) is 37.6 Å². The van der Waals surface area contributed by atoms with Crippen molar-refractivity contribution in [2.75, 3.05) is 41.1 Å². The number of rotatable bonds is 9. The third-order valence-corrected chi connectivity index (χ3v) is 14.9. The molecule has 0 unspecified atom stereocenters. The Morgan fingerprint density at radius 2 is 1.59 bits per heavy atom. The molecular weight excluding hydrogens is 875 g/mol. The average Bonchev–Trinajstić information content (AvgIpc) is 3.32. The molecule has 0 aromatic heterocycles. The number of fused-ring (bicyclic) bond motifs is 3. The molecule has 1 amide bonds. The van der Waals surface area contributed by atoms with E-state index in [2.05, 4.69) is 0 Å². The second-order valence-electron chi connectivity index (χ2n) is 20.2. The molecule has 0 spiro atoms. The number of carbonyl (C=O) groups is 5. The van der Waals surface area contributed by atoms with E-state index < -0.39 is 77.8 Å². The van der Waals surface area contributed by atoms with E-state index in [4.69, 9.17) is 28.4 Å². The van der Waals surface area contributed by atoms with Crippen LogP contribution in [-0.2, 0) is 52.4 Å². The first-order valence-electron chi connectivity index (χ1n) is 25.0. The lowest BCUT2D eigenvalue weighted by molar-refractivity contribution is -0.265. The van der Waals surface area contributed by atoms with E-state index in [-0.39, 0.29) is 74.1 Å². The summed E-state index contributed by atoms with van der Waals surface area (Å²) in [6.45, 7) is 12.9. The van der Waals surface area contributed by atoms with Crippen LogP contribution in [0, 0.1) is 35.5 Å². The van der Waals surface area contributed by atoms with E-state index in [1.165, 1.54) is 12.0 Å². The van der Waals surface area contributed by atoms with Gasteiger partial charge in [0.15, 0.2) is 5.78 Å². The second kappa shape index (κ2) is 27.3. The number of hydrogen-bond acceptors (Lipinski definition) is 14. The quantitative estimate of drug-likeness (QED) is 0.134. The van der Waals surface area contributed by atoms with Gasteiger partial charge < -0.3 is 48.6 Å². The summed E-state index contributed by atoms with van der Waals surface area (Å²) in [6, 6.07) is -1.14. The number of ether oxygens (including phenoxy) is 6. The summed E-state index contributed by atoms with van der Waals surface area (Å²) in [5, 5.41) is 32.8. The van der Waals surface area contributed by atoms with Crippen LogP contribution in [0.1, 0.15) is 126 Å². The first-order chi connectivity index (χ1) is 32.3. The Labute approximate surface area is 405 Å². The number of methoxy groups -OCH3 is 3. The lowest BCUT2D eigenvalue weighted by Gasteiger charge is -2.42. The molecule has 3 fully saturated rings. The van der Waals surface area contributed by atoms with Crippen molar-refractivity contribution in [1.82, 2.24) is 4.90 Å². The predicted octanol–water partition coefficient (Wildman–Crippen LogP) is 6.20. The number of amides is 1. The van der Waals surface area contributed by atoms with E-state index in [0.717, 1.165) is 12.0 Å². The number of cyclic esters (lactones) is 1. The zero-order valence-electron chi connectivity index (χ0n) is 42.4. The molecule has 1 saturated carbocycles. The summed E-state index contributed by atoms with van der Waals surface area (Å²) < 4.78 is 35.6. The van der Waals surface area contributed by atoms with Gasteiger partial charge in [-0.05, 0) is 107 Å².